The lowest BCUT2D eigenvalue weighted by molar-refractivity contribution is -0.137. The molecule has 1 aromatic heterocycles. The molecule has 2 aliphatic heterocycles. The molecule has 3 heterocycles. The number of hydrogen-bond donors (Lipinski definition) is 1. The van der Waals surface area contributed by atoms with Crippen molar-refractivity contribution in [3.8, 4) is 0 Å². The van der Waals surface area contributed by atoms with Gasteiger partial charge in [-0.05, 0) is 60.9 Å². The molecular weight excluding hydrogens is 453 g/mol. The first-order chi connectivity index (χ1) is 16.8. The van der Waals surface area contributed by atoms with Crippen LogP contribution in [-0.2, 0) is 23.9 Å². The summed E-state index contributed by atoms with van der Waals surface area (Å²) in [5.41, 5.74) is 3.82. The number of piperazine rings is 1. The number of aryl methyl sites for hydroxylation is 1. The second-order valence-electron chi connectivity index (χ2n) is 9.27. The van der Waals surface area contributed by atoms with Crippen molar-refractivity contribution in [1.82, 2.24) is 10.3 Å². The molecule has 0 aliphatic carbocycles. The van der Waals surface area contributed by atoms with Gasteiger partial charge < -0.3 is 15.1 Å². The van der Waals surface area contributed by atoms with Gasteiger partial charge in [-0.3, -0.25) is 9.78 Å². The van der Waals surface area contributed by atoms with E-state index in [0.29, 0.717) is 25.2 Å². The summed E-state index contributed by atoms with van der Waals surface area (Å²) >= 11 is 0. The predicted octanol–water partition coefficient (Wildman–Crippen LogP) is 4.59. The molecule has 182 valence electrons. The van der Waals surface area contributed by atoms with E-state index in [-0.39, 0.29) is 18.4 Å². The minimum absolute atomic E-state index is 0.150. The van der Waals surface area contributed by atoms with Crippen molar-refractivity contribution < 1.29 is 18.0 Å². The Balaban J connectivity index is 1.44. The average molecular weight is 481 g/mol. The van der Waals surface area contributed by atoms with Crippen molar-refractivity contribution in [1.29, 1.82) is 0 Å². The third-order valence-electron chi connectivity index (χ3n) is 6.96. The predicted molar refractivity (Wildman–Crippen MR) is 129 cm³/mol. The van der Waals surface area contributed by atoms with Crippen LogP contribution in [0.4, 0.5) is 24.5 Å². The van der Waals surface area contributed by atoms with Crippen molar-refractivity contribution >= 4 is 17.3 Å². The number of anilines is 2. The highest BCUT2D eigenvalue weighted by Gasteiger charge is 2.42. The largest absolute Gasteiger partial charge is 0.416 e. The van der Waals surface area contributed by atoms with Gasteiger partial charge in [0.15, 0.2) is 0 Å². The number of nitrogens with zero attached hydrogens (tertiary/aromatic N) is 3. The summed E-state index contributed by atoms with van der Waals surface area (Å²) < 4.78 is 40.3. The lowest BCUT2D eigenvalue weighted by atomic mass is 9.82. The maximum atomic E-state index is 13.4. The minimum atomic E-state index is -4.42. The van der Waals surface area contributed by atoms with E-state index in [1.807, 2.05) is 13.0 Å². The molecular formula is C27H27F3N4O. The molecule has 0 bridgehead atoms. The number of carbonyl (C=O) groups excluding carboxylic acids is 1. The zero-order valence-corrected chi connectivity index (χ0v) is 19.4. The fourth-order valence-corrected chi connectivity index (χ4v) is 5.11. The van der Waals surface area contributed by atoms with Crippen molar-refractivity contribution in [2.24, 2.45) is 5.92 Å². The molecule has 1 N–H and O–H groups in total. The Labute approximate surface area is 202 Å². The van der Waals surface area contributed by atoms with Crippen molar-refractivity contribution in [2.45, 2.75) is 32.1 Å². The minimum Gasteiger partial charge on any atom is -0.368 e. The highest BCUT2D eigenvalue weighted by molar-refractivity contribution is 5.82. The van der Waals surface area contributed by atoms with Crippen molar-refractivity contribution in [3.63, 3.8) is 0 Å². The second kappa shape index (κ2) is 9.24. The molecule has 2 atom stereocenters. The zero-order valence-electron chi connectivity index (χ0n) is 19.4. The molecule has 1 fully saturated rings. The second-order valence-corrected chi connectivity index (χ2v) is 9.27. The van der Waals surface area contributed by atoms with E-state index in [2.05, 4.69) is 44.4 Å². The fraction of sp³-hybridized carbons (Fsp3) is 0.333. The average Bonchev–Trinajstić information content (AvgIpc) is 2.86. The molecule has 1 saturated heterocycles. The van der Waals surface area contributed by atoms with Crippen LogP contribution in [0.3, 0.4) is 0 Å². The Bertz CT molecular complexity index is 1200. The third kappa shape index (κ3) is 4.83. The third-order valence-corrected chi connectivity index (χ3v) is 6.96. The summed E-state index contributed by atoms with van der Waals surface area (Å²) in [4.78, 5) is 21.9. The summed E-state index contributed by atoms with van der Waals surface area (Å²) in [7, 11) is 0. The number of amides is 1. The van der Waals surface area contributed by atoms with Crippen LogP contribution in [0.15, 0.2) is 67.0 Å². The number of alkyl halides is 3. The monoisotopic (exact) mass is 480 g/mol. The van der Waals surface area contributed by atoms with E-state index in [1.54, 1.807) is 24.5 Å². The fourth-order valence-electron chi connectivity index (χ4n) is 5.11. The van der Waals surface area contributed by atoms with Gasteiger partial charge in [-0.2, -0.15) is 13.2 Å². The van der Waals surface area contributed by atoms with E-state index in [9.17, 15) is 18.0 Å². The molecule has 5 rings (SSSR count). The summed E-state index contributed by atoms with van der Waals surface area (Å²) in [6, 6.07) is 15.7. The molecule has 0 unspecified atom stereocenters. The van der Waals surface area contributed by atoms with Gasteiger partial charge in [-0.25, -0.2) is 0 Å². The lowest BCUT2D eigenvalue weighted by Gasteiger charge is -2.49. The van der Waals surface area contributed by atoms with Gasteiger partial charge in [0.2, 0.25) is 5.91 Å². The van der Waals surface area contributed by atoms with Crippen LogP contribution in [0.5, 0.6) is 0 Å². The molecule has 2 aliphatic rings. The van der Waals surface area contributed by atoms with Crippen LogP contribution in [0.1, 0.15) is 22.3 Å². The number of aromatic nitrogens is 1. The molecule has 0 radical (unpaired) electrons. The first-order valence-electron chi connectivity index (χ1n) is 11.7. The number of fused-ring (bicyclic) bond motifs is 3. The van der Waals surface area contributed by atoms with Crippen LogP contribution >= 0.6 is 0 Å². The van der Waals surface area contributed by atoms with Crippen LogP contribution in [0, 0.1) is 12.8 Å². The first-order valence-corrected chi connectivity index (χ1v) is 11.7. The summed E-state index contributed by atoms with van der Waals surface area (Å²) in [5, 5.41) is 2.99. The molecule has 2 aromatic carbocycles. The maximum Gasteiger partial charge on any atom is 0.416 e. The summed E-state index contributed by atoms with van der Waals surface area (Å²) in [5.74, 6) is -0.631. The number of hydrogen-bond acceptors (Lipinski definition) is 4. The van der Waals surface area contributed by atoms with Gasteiger partial charge >= 0.3 is 6.18 Å². The molecule has 0 saturated carbocycles. The molecule has 35 heavy (non-hydrogen) atoms. The quantitative estimate of drug-likeness (QED) is 0.594. The smallest absolute Gasteiger partial charge is 0.368 e. The van der Waals surface area contributed by atoms with Crippen molar-refractivity contribution in [2.75, 3.05) is 29.4 Å². The number of carbonyl (C=O) groups is 1. The Morgan fingerprint density at radius 1 is 1.11 bits per heavy atom. The Hall–Kier alpha value is -3.55. The van der Waals surface area contributed by atoms with E-state index in [1.165, 1.54) is 11.6 Å². The summed E-state index contributed by atoms with van der Waals surface area (Å²) in [6.45, 7) is 4.34. The number of nitrogens with one attached hydrogen (secondary N) is 1. The van der Waals surface area contributed by atoms with Crippen LogP contribution in [0.25, 0.3) is 0 Å². The van der Waals surface area contributed by atoms with Gasteiger partial charge in [-0.1, -0.05) is 23.8 Å². The van der Waals surface area contributed by atoms with Crippen molar-refractivity contribution in [3.05, 3.63) is 89.2 Å². The molecule has 1 amide bonds. The van der Waals surface area contributed by atoms with Gasteiger partial charge in [0, 0.05) is 49.9 Å². The van der Waals surface area contributed by atoms with Crippen LogP contribution in [-0.4, -0.2) is 36.6 Å². The van der Waals surface area contributed by atoms with E-state index >= 15 is 0 Å². The first kappa shape index (κ1) is 23.2. The molecule has 8 heteroatoms. The van der Waals surface area contributed by atoms with Gasteiger partial charge in [0.1, 0.15) is 0 Å². The normalized spacial score (nSPS) is 19.7. The number of halogens is 3. The molecule has 5 nitrogen and oxygen atoms in total. The van der Waals surface area contributed by atoms with E-state index in [0.717, 1.165) is 29.5 Å². The topological polar surface area (TPSA) is 48.5 Å². The van der Waals surface area contributed by atoms with Gasteiger partial charge in [-0.15, -0.1) is 0 Å². The zero-order chi connectivity index (χ0) is 24.6. The number of benzene rings is 2. The maximum absolute atomic E-state index is 13.4. The molecule has 3 aromatic rings. The number of rotatable bonds is 4. The SMILES string of the molecule is Cc1ccc(N2CCN3c4ccc(C(F)(F)F)cc4C[C@H](C(=O)NCc4cccnc4)[C@H]3C2)cc1. The Morgan fingerprint density at radius 2 is 1.91 bits per heavy atom. The lowest BCUT2D eigenvalue weighted by Crippen LogP contribution is -2.61. The highest BCUT2D eigenvalue weighted by atomic mass is 19.4. The van der Waals surface area contributed by atoms with Gasteiger partial charge in [0.05, 0.1) is 17.5 Å². The highest BCUT2D eigenvalue weighted by Crippen LogP contribution is 2.40. The standard InChI is InChI=1S/C27H27F3N4O/c1-18-4-7-22(8-5-18)33-11-12-34-24-9-6-21(27(28,29)30)13-20(24)14-23(25(34)17-33)26(35)32-16-19-3-2-10-31-15-19/h2-10,13,15,23,25H,11-12,14,16-17H2,1H3,(H,32,35)/t23-,25+/m0/s1. The Kier molecular flexibility index (Phi) is 6.13. The van der Waals surface area contributed by atoms with E-state index in [4.69, 9.17) is 0 Å². The van der Waals surface area contributed by atoms with Crippen LogP contribution < -0.4 is 15.1 Å². The Morgan fingerprint density at radius 3 is 2.63 bits per heavy atom. The molecule has 0 spiro atoms. The number of pyridine rings is 1. The van der Waals surface area contributed by atoms with Gasteiger partial charge in [0.25, 0.3) is 0 Å². The summed E-state index contributed by atoms with van der Waals surface area (Å²) in [6.07, 6.45) is -0.797. The van der Waals surface area contributed by atoms with E-state index < -0.39 is 17.7 Å². The van der Waals surface area contributed by atoms with Crippen LogP contribution in [0.2, 0.25) is 0 Å².